The molecule has 0 bridgehead atoms. The van der Waals surface area contributed by atoms with E-state index in [1.807, 2.05) is 38.1 Å². The van der Waals surface area contributed by atoms with Gasteiger partial charge in [-0.1, -0.05) is 26.0 Å². The smallest absolute Gasteiger partial charge is 0.325 e. The number of benzene rings is 1. The molecule has 0 radical (unpaired) electrons. The second-order valence-corrected chi connectivity index (χ2v) is 8.71. The summed E-state index contributed by atoms with van der Waals surface area (Å²) in [5, 5.41) is 5.52. The lowest BCUT2D eigenvalue weighted by Gasteiger charge is -2.31. The Morgan fingerprint density at radius 3 is 2.67 bits per heavy atom. The molecule has 0 atom stereocenters. The van der Waals surface area contributed by atoms with E-state index < -0.39 is 11.6 Å². The Labute approximate surface area is 195 Å². The molecule has 2 saturated heterocycles. The number of hydrogen-bond acceptors (Lipinski definition) is 6. The molecule has 1 aromatic rings. The topological polar surface area (TPSA) is 100 Å². The Kier molecular flexibility index (Phi) is 8.68. The van der Waals surface area contributed by atoms with Crippen molar-refractivity contribution in [3.05, 3.63) is 29.8 Å². The van der Waals surface area contributed by atoms with Crippen LogP contribution in [0.3, 0.4) is 0 Å². The van der Waals surface area contributed by atoms with E-state index in [1.165, 1.54) is 0 Å². The highest BCUT2D eigenvalue weighted by Crippen LogP contribution is 2.24. The molecule has 0 aliphatic carbocycles. The van der Waals surface area contributed by atoms with Crippen molar-refractivity contribution in [2.45, 2.75) is 57.7 Å². The van der Waals surface area contributed by atoms with Gasteiger partial charge in [-0.15, -0.1) is 0 Å². The third-order valence-electron chi connectivity index (χ3n) is 6.67. The lowest BCUT2D eigenvalue weighted by molar-refractivity contribution is -0.135. The molecular weight excluding hydrogens is 424 g/mol. The van der Waals surface area contributed by atoms with Crippen LogP contribution in [0.25, 0.3) is 0 Å². The molecule has 0 saturated carbocycles. The van der Waals surface area contributed by atoms with Gasteiger partial charge in [-0.25, -0.2) is 4.79 Å². The number of rotatable bonds is 11. The van der Waals surface area contributed by atoms with Crippen molar-refractivity contribution in [1.29, 1.82) is 0 Å². The number of carbonyl (C=O) groups is 3. The minimum absolute atomic E-state index is 0.286. The summed E-state index contributed by atoms with van der Waals surface area (Å²) in [6.07, 6.45) is 3.08. The summed E-state index contributed by atoms with van der Waals surface area (Å²) in [6.45, 7) is 6.74. The van der Waals surface area contributed by atoms with E-state index in [9.17, 15) is 14.4 Å². The maximum Gasteiger partial charge on any atom is 0.325 e. The van der Waals surface area contributed by atoms with Crippen LogP contribution in [0.2, 0.25) is 0 Å². The zero-order valence-corrected chi connectivity index (χ0v) is 19.9. The van der Waals surface area contributed by atoms with E-state index >= 15 is 0 Å². The first-order chi connectivity index (χ1) is 15.9. The van der Waals surface area contributed by atoms with Crippen LogP contribution in [-0.2, 0) is 20.9 Å². The Morgan fingerprint density at radius 2 is 2.00 bits per heavy atom. The van der Waals surface area contributed by atoms with Gasteiger partial charge >= 0.3 is 6.03 Å². The molecule has 4 amide bonds. The minimum Gasteiger partial charge on any atom is -0.492 e. The Bertz CT molecular complexity index is 836. The van der Waals surface area contributed by atoms with Crippen molar-refractivity contribution in [1.82, 2.24) is 20.4 Å². The zero-order valence-electron chi connectivity index (χ0n) is 19.9. The highest BCUT2D eigenvalue weighted by Gasteiger charge is 2.49. The van der Waals surface area contributed by atoms with Crippen LogP contribution in [0.4, 0.5) is 4.79 Å². The van der Waals surface area contributed by atoms with E-state index in [-0.39, 0.29) is 24.9 Å². The van der Waals surface area contributed by atoms with Gasteiger partial charge in [0.15, 0.2) is 0 Å². The van der Waals surface area contributed by atoms with Crippen molar-refractivity contribution < 1.29 is 23.9 Å². The molecule has 2 aliphatic rings. The molecule has 9 heteroatoms. The third-order valence-corrected chi connectivity index (χ3v) is 6.67. The summed E-state index contributed by atoms with van der Waals surface area (Å²) in [7, 11) is 2.11. The molecule has 9 nitrogen and oxygen atoms in total. The highest BCUT2D eigenvalue weighted by molar-refractivity contribution is 6.08. The SMILES string of the molecule is CCC1(CC)NC(=O)N(CC(=O)NCc2cccc(OCCN(C)C3CCOCC3)c2)C1=O. The monoisotopic (exact) mass is 460 g/mol. The van der Waals surface area contributed by atoms with Gasteiger partial charge in [0, 0.05) is 32.3 Å². The van der Waals surface area contributed by atoms with Crippen LogP contribution >= 0.6 is 0 Å². The largest absolute Gasteiger partial charge is 0.492 e. The molecule has 0 aromatic heterocycles. The molecule has 182 valence electrons. The quantitative estimate of drug-likeness (QED) is 0.490. The predicted molar refractivity (Wildman–Crippen MR) is 124 cm³/mol. The van der Waals surface area contributed by atoms with Gasteiger partial charge in [-0.05, 0) is 50.4 Å². The fourth-order valence-electron chi connectivity index (χ4n) is 4.31. The maximum atomic E-state index is 12.6. The van der Waals surface area contributed by atoms with Crippen LogP contribution in [0.15, 0.2) is 24.3 Å². The van der Waals surface area contributed by atoms with E-state index in [1.54, 1.807) is 0 Å². The zero-order chi connectivity index (χ0) is 23.8. The van der Waals surface area contributed by atoms with Gasteiger partial charge in [-0.3, -0.25) is 19.4 Å². The van der Waals surface area contributed by atoms with Gasteiger partial charge < -0.3 is 20.1 Å². The second-order valence-electron chi connectivity index (χ2n) is 8.71. The summed E-state index contributed by atoms with van der Waals surface area (Å²) < 4.78 is 11.3. The first-order valence-corrected chi connectivity index (χ1v) is 11.8. The average molecular weight is 461 g/mol. The van der Waals surface area contributed by atoms with Gasteiger partial charge in [0.1, 0.15) is 24.4 Å². The fourth-order valence-corrected chi connectivity index (χ4v) is 4.31. The van der Waals surface area contributed by atoms with E-state index in [0.717, 1.165) is 48.8 Å². The Morgan fingerprint density at radius 1 is 1.27 bits per heavy atom. The highest BCUT2D eigenvalue weighted by atomic mass is 16.5. The Hall–Kier alpha value is -2.65. The third kappa shape index (κ3) is 6.23. The van der Waals surface area contributed by atoms with E-state index in [4.69, 9.17) is 9.47 Å². The molecule has 2 aliphatic heterocycles. The molecule has 2 heterocycles. The molecule has 0 unspecified atom stereocenters. The number of likely N-dealkylation sites (N-methyl/N-ethyl adjacent to an activating group) is 1. The van der Waals surface area contributed by atoms with Gasteiger partial charge in [0.25, 0.3) is 5.91 Å². The van der Waals surface area contributed by atoms with Gasteiger partial charge in [0.05, 0.1) is 0 Å². The number of imide groups is 1. The number of nitrogens with one attached hydrogen (secondary N) is 2. The maximum absolute atomic E-state index is 12.6. The number of urea groups is 1. The lowest BCUT2D eigenvalue weighted by atomic mass is 9.93. The fraction of sp³-hybridized carbons (Fsp3) is 0.625. The van der Waals surface area contributed by atoms with Crippen LogP contribution in [0, 0.1) is 0 Å². The molecule has 0 spiro atoms. The van der Waals surface area contributed by atoms with E-state index in [0.29, 0.717) is 25.5 Å². The van der Waals surface area contributed by atoms with Crippen molar-refractivity contribution in [3.8, 4) is 5.75 Å². The molecule has 1 aromatic carbocycles. The Balaban J connectivity index is 1.44. The molecular formula is C24H36N4O5. The van der Waals surface area contributed by atoms with Crippen molar-refractivity contribution in [3.63, 3.8) is 0 Å². The summed E-state index contributed by atoms with van der Waals surface area (Å²) >= 11 is 0. The number of carbonyl (C=O) groups excluding carboxylic acids is 3. The van der Waals surface area contributed by atoms with Crippen molar-refractivity contribution in [2.75, 3.05) is 40.0 Å². The summed E-state index contributed by atoms with van der Waals surface area (Å²) in [4.78, 5) is 40.6. The summed E-state index contributed by atoms with van der Waals surface area (Å²) in [6, 6.07) is 7.58. The van der Waals surface area contributed by atoms with Crippen LogP contribution in [-0.4, -0.2) is 79.2 Å². The standard InChI is InChI=1S/C24H36N4O5/c1-4-24(5-2)22(30)28(23(31)26-24)17-21(29)25-16-18-7-6-8-20(15-18)33-14-11-27(3)19-9-12-32-13-10-19/h6-8,15,19H,4-5,9-14,16-17H2,1-3H3,(H,25,29)(H,26,31). The summed E-state index contributed by atoms with van der Waals surface area (Å²) in [5.74, 6) is 0.0200. The average Bonchev–Trinajstić information content (AvgIpc) is 3.08. The number of hydrogen-bond donors (Lipinski definition) is 2. The molecule has 2 N–H and O–H groups in total. The predicted octanol–water partition coefficient (Wildman–Crippen LogP) is 1.90. The van der Waals surface area contributed by atoms with E-state index in [2.05, 4.69) is 22.6 Å². The minimum atomic E-state index is -0.901. The number of amides is 4. The van der Waals surface area contributed by atoms with Crippen LogP contribution < -0.4 is 15.4 Å². The number of ether oxygens (including phenoxy) is 2. The first-order valence-electron chi connectivity index (χ1n) is 11.8. The van der Waals surface area contributed by atoms with Crippen molar-refractivity contribution in [2.24, 2.45) is 0 Å². The number of nitrogens with zero attached hydrogens (tertiary/aromatic N) is 2. The second kappa shape index (κ2) is 11.5. The van der Waals surface area contributed by atoms with Gasteiger partial charge in [0.2, 0.25) is 5.91 Å². The summed E-state index contributed by atoms with van der Waals surface area (Å²) in [5.41, 5.74) is -0.0192. The van der Waals surface area contributed by atoms with Gasteiger partial charge in [-0.2, -0.15) is 0 Å². The normalized spacial score (nSPS) is 18.5. The van der Waals surface area contributed by atoms with Crippen LogP contribution in [0.1, 0.15) is 45.1 Å². The molecule has 2 fully saturated rings. The van der Waals surface area contributed by atoms with Crippen molar-refractivity contribution >= 4 is 17.8 Å². The van der Waals surface area contributed by atoms with Crippen LogP contribution in [0.5, 0.6) is 5.75 Å². The lowest BCUT2D eigenvalue weighted by Crippen LogP contribution is -2.46. The molecule has 33 heavy (non-hydrogen) atoms. The molecule has 3 rings (SSSR count). The first kappa shape index (κ1) is 25.0.